The van der Waals surface area contributed by atoms with Crippen LogP contribution in [0.2, 0.25) is 0 Å². The molecule has 5 nitrogen and oxygen atoms in total. The Kier molecular flexibility index (Phi) is 6.82. The van der Waals surface area contributed by atoms with Crippen molar-refractivity contribution in [3.8, 4) is 11.5 Å². The van der Waals surface area contributed by atoms with E-state index in [1.165, 1.54) is 0 Å². The van der Waals surface area contributed by atoms with Crippen molar-refractivity contribution in [1.82, 2.24) is 4.98 Å². The van der Waals surface area contributed by atoms with Gasteiger partial charge in [0.2, 0.25) is 0 Å². The largest absolute Gasteiger partial charge is 0.490 e. The fourth-order valence-electron chi connectivity index (χ4n) is 2.28. The molecule has 1 N–H and O–H groups in total. The van der Waals surface area contributed by atoms with Crippen LogP contribution < -0.4 is 14.9 Å². The van der Waals surface area contributed by atoms with Crippen LogP contribution in [0.5, 0.6) is 11.5 Å². The summed E-state index contributed by atoms with van der Waals surface area (Å²) >= 11 is 3.40. The zero-order valence-corrected chi connectivity index (χ0v) is 16.5. The van der Waals surface area contributed by atoms with Crippen molar-refractivity contribution in [2.45, 2.75) is 6.92 Å². The summed E-state index contributed by atoms with van der Waals surface area (Å²) < 4.78 is 12.4. The fraction of sp³-hybridized carbons (Fsp3) is 0.143. The summed E-state index contributed by atoms with van der Waals surface area (Å²) in [6.07, 6.45) is 1.72. The Morgan fingerprint density at radius 2 is 1.56 bits per heavy atom. The van der Waals surface area contributed by atoms with E-state index in [4.69, 9.17) is 9.47 Å². The second-order valence-corrected chi connectivity index (χ2v) is 6.61. The normalized spacial score (nSPS) is 11.1. The Morgan fingerprint density at radius 1 is 0.926 bits per heavy atom. The first kappa shape index (κ1) is 18.9. The molecule has 0 saturated carbocycles. The second kappa shape index (κ2) is 9.73. The molecule has 0 unspecified atom stereocenters. The molecule has 0 amide bonds. The molecule has 1 aromatic heterocycles. The van der Waals surface area contributed by atoms with Crippen LogP contribution in [0.3, 0.4) is 0 Å². The first-order valence-corrected chi connectivity index (χ1v) is 9.33. The van der Waals surface area contributed by atoms with Gasteiger partial charge in [0, 0.05) is 10.7 Å². The molecule has 6 heteroatoms. The van der Waals surface area contributed by atoms with E-state index in [-0.39, 0.29) is 0 Å². The lowest BCUT2D eigenvalue weighted by Gasteiger charge is -2.09. The van der Waals surface area contributed by atoms with E-state index in [2.05, 4.69) is 31.4 Å². The van der Waals surface area contributed by atoms with Crippen LogP contribution in [-0.2, 0) is 0 Å². The minimum atomic E-state index is 0.476. The van der Waals surface area contributed by atoms with Crippen LogP contribution in [-0.4, -0.2) is 23.9 Å². The molecule has 3 aromatic rings. The van der Waals surface area contributed by atoms with Gasteiger partial charge in [-0.3, -0.25) is 5.43 Å². The summed E-state index contributed by atoms with van der Waals surface area (Å²) in [7, 11) is 0. The molecule has 0 aliphatic rings. The number of ether oxygens (including phenoxy) is 2. The van der Waals surface area contributed by atoms with Gasteiger partial charge < -0.3 is 9.47 Å². The third-order valence-corrected chi connectivity index (χ3v) is 4.24. The number of anilines is 1. The van der Waals surface area contributed by atoms with E-state index in [1.807, 2.05) is 73.7 Å². The number of pyridine rings is 1. The zero-order valence-electron chi connectivity index (χ0n) is 14.9. The van der Waals surface area contributed by atoms with Crippen LogP contribution >= 0.6 is 15.9 Å². The minimum absolute atomic E-state index is 0.476. The summed E-state index contributed by atoms with van der Waals surface area (Å²) in [5, 5.41) is 4.35. The van der Waals surface area contributed by atoms with Crippen molar-refractivity contribution in [2.24, 2.45) is 5.10 Å². The Labute approximate surface area is 167 Å². The Hall–Kier alpha value is -2.86. The van der Waals surface area contributed by atoms with Crippen LogP contribution in [0.25, 0.3) is 0 Å². The Morgan fingerprint density at radius 3 is 2.15 bits per heavy atom. The molecule has 0 atom stereocenters. The molecular formula is C21H20BrN3O2. The maximum atomic E-state index is 5.72. The van der Waals surface area contributed by atoms with Crippen molar-refractivity contribution in [3.63, 3.8) is 0 Å². The molecule has 0 radical (unpaired) electrons. The molecule has 27 heavy (non-hydrogen) atoms. The molecule has 0 aliphatic carbocycles. The molecule has 1 heterocycles. The number of rotatable bonds is 8. The van der Waals surface area contributed by atoms with Crippen LogP contribution in [0.4, 0.5) is 5.82 Å². The van der Waals surface area contributed by atoms with Gasteiger partial charge in [-0.2, -0.15) is 5.10 Å². The van der Waals surface area contributed by atoms with Crippen LogP contribution in [0.15, 0.2) is 82.5 Å². The maximum absolute atomic E-state index is 5.72. The number of hydrogen-bond acceptors (Lipinski definition) is 5. The topological polar surface area (TPSA) is 55.7 Å². The summed E-state index contributed by atoms with van der Waals surface area (Å²) in [5.41, 5.74) is 4.82. The van der Waals surface area contributed by atoms with Gasteiger partial charge in [0.15, 0.2) is 0 Å². The highest BCUT2D eigenvalue weighted by Crippen LogP contribution is 2.16. The summed E-state index contributed by atoms with van der Waals surface area (Å²) in [6.45, 7) is 2.90. The number of nitrogens with one attached hydrogen (secondary N) is 1. The summed E-state index contributed by atoms with van der Waals surface area (Å²) in [4.78, 5) is 4.17. The first-order valence-electron chi connectivity index (χ1n) is 8.54. The van der Waals surface area contributed by atoms with E-state index in [0.29, 0.717) is 19.0 Å². The van der Waals surface area contributed by atoms with Crippen molar-refractivity contribution in [2.75, 3.05) is 18.6 Å². The number of halogens is 1. The number of aromatic nitrogens is 1. The summed E-state index contributed by atoms with van der Waals surface area (Å²) in [5.74, 6) is 2.33. The van der Waals surface area contributed by atoms with Gasteiger partial charge in [0.05, 0.1) is 5.71 Å². The highest BCUT2D eigenvalue weighted by molar-refractivity contribution is 9.10. The molecular weight excluding hydrogens is 406 g/mol. The number of hydrazone groups is 1. The predicted molar refractivity (Wildman–Crippen MR) is 112 cm³/mol. The molecule has 0 fully saturated rings. The molecule has 2 aromatic carbocycles. The minimum Gasteiger partial charge on any atom is -0.490 e. The van der Waals surface area contributed by atoms with Crippen LogP contribution in [0, 0.1) is 0 Å². The average molecular weight is 426 g/mol. The lowest BCUT2D eigenvalue weighted by Crippen LogP contribution is -2.09. The first-order chi connectivity index (χ1) is 13.2. The monoisotopic (exact) mass is 425 g/mol. The van der Waals surface area contributed by atoms with Gasteiger partial charge in [0.25, 0.3) is 0 Å². The molecule has 0 aliphatic heterocycles. The fourth-order valence-corrected chi connectivity index (χ4v) is 2.54. The van der Waals surface area contributed by atoms with E-state index < -0.39 is 0 Å². The standard InChI is InChI=1S/C21H20BrN3O2/c1-16(24-25-21-4-2-3-13-23-21)17-5-9-19(10-6-17)26-14-15-27-20-11-7-18(22)8-12-20/h2-13H,14-15H2,1H3,(H,23,25)/b24-16+. The molecule has 3 rings (SSSR count). The van der Waals surface area contributed by atoms with Crippen molar-refractivity contribution in [3.05, 3.63) is 83.0 Å². The van der Waals surface area contributed by atoms with Gasteiger partial charge in [-0.25, -0.2) is 4.98 Å². The lowest BCUT2D eigenvalue weighted by molar-refractivity contribution is 0.217. The quantitative estimate of drug-likeness (QED) is 0.308. The smallest absolute Gasteiger partial charge is 0.146 e. The van der Waals surface area contributed by atoms with Gasteiger partial charge >= 0.3 is 0 Å². The third kappa shape index (κ3) is 6.11. The maximum Gasteiger partial charge on any atom is 0.146 e. The highest BCUT2D eigenvalue weighted by atomic mass is 79.9. The van der Waals surface area contributed by atoms with Crippen molar-refractivity contribution in [1.29, 1.82) is 0 Å². The number of hydrogen-bond donors (Lipinski definition) is 1. The SMILES string of the molecule is C/C(=N\Nc1ccccn1)c1ccc(OCCOc2ccc(Br)cc2)cc1. The second-order valence-electron chi connectivity index (χ2n) is 5.70. The molecule has 0 spiro atoms. The van der Waals surface area contributed by atoms with E-state index in [1.54, 1.807) is 6.20 Å². The summed E-state index contributed by atoms with van der Waals surface area (Å²) in [6, 6.07) is 21.2. The lowest BCUT2D eigenvalue weighted by atomic mass is 10.1. The van der Waals surface area contributed by atoms with E-state index >= 15 is 0 Å². The van der Waals surface area contributed by atoms with Crippen molar-refractivity contribution >= 4 is 27.5 Å². The van der Waals surface area contributed by atoms with E-state index in [9.17, 15) is 0 Å². The predicted octanol–water partition coefficient (Wildman–Crippen LogP) is 5.14. The van der Waals surface area contributed by atoms with Gasteiger partial charge in [-0.1, -0.05) is 22.0 Å². The zero-order chi connectivity index (χ0) is 18.9. The third-order valence-electron chi connectivity index (χ3n) is 3.71. The molecule has 138 valence electrons. The van der Waals surface area contributed by atoms with Crippen molar-refractivity contribution < 1.29 is 9.47 Å². The van der Waals surface area contributed by atoms with Gasteiger partial charge in [-0.15, -0.1) is 0 Å². The number of nitrogens with zero attached hydrogens (tertiary/aromatic N) is 2. The highest BCUT2D eigenvalue weighted by Gasteiger charge is 2.00. The van der Waals surface area contributed by atoms with Gasteiger partial charge in [0.1, 0.15) is 30.5 Å². The number of benzene rings is 2. The Bertz CT molecular complexity index is 866. The Balaban J connectivity index is 1.46. The molecule has 0 saturated heterocycles. The van der Waals surface area contributed by atoms with E-state index in [0.717, 1.165) is 27.2 Å². The average Bonchev–Trinajstić information content (AvgIpc) is 2.72. The van der Waals surface area contributed by atoms with Crippen LogP contribution in [0.1, 0.15) is 12.5 Å². The van der Waals surface area contributed by atoms with Gasteiger partial charge in [-0.05, 0) is 73.2 Å². The molecule has 0 bridgehead atoms.